The maximum Gasteiger partial charge on any atom is 0.407 e. The van der Waals surface area contributed by atoms with Crippen LogP contribution in [0.4, 0.5) is 9.59 Å². The molecule has 0 aromatic heterocycles. The first kappa shape index (κ1) is 16.4. The number of rotatable bonds is 2. The van der Waals surface area contributed by atoms with E-state index in [1.807, 2.05) is 0 Å². The van der Waals surface area contributed by atoms with E-state index in [0.29, 0.717) is 44.5 Å². The molecule has 0 aromatic rings. The van der Waals surface area contributed by atoms with Crippen molar-refractivity contribution in [2.24, 2.45) is 5.92 Å². The van der Waals surface area contributed by atoms with Crippen LogP contribution in [0.5, 0.6) is 0 Å². The van der Waals surface area contributed by atoms with Crippen molar-refractivity contribution in [2.75, 3.05) is 45.8 Å². The van der Waals surface area contributed by atoms with Crippen molar-refractivity contribution < 1.29 is 14.7 Å². The van der Waals surface area contributed by atoms with Crippen molar-refractivity contribution in [1.29, 1.82) is 5.41 Å². The molecule has 2 aliphatic heterocycles. The van der Waals surface area contributed by atoms with Gasteiger partial charge in [-0.1, -0.05) is 0 Å². The van der Waals surface area contributed by atoms with E-state index in [1.165, 1.54) is 4.90 Å². The fourth-order valence-corrected chi connectivity index (χ4v) is 2.92. The Labute approximate surface area is 130 Å². The Morgan fingerprint density at radius 1 is 1.05 bits per heavy atom. The Hall–Kier alpha value is -1.99. The molecule has 2 fully saturated rings. The van der Waals surface area contributed by atoms with Crippen LogP contribution in [-0.2, 0) is 0 Å². The van der Waals surface area contributed by atoms with Gasteiger partial charge < -0.3 is 25.1 Å². The summed E-state index contributed by atoms with van der Waals surface area (Å²) in [6.07, 6.45) is 1.06. The van der Waals surface area contributed by atoms with E-state index in [-0.39, 0.29) is 6.03 Å². The molecule has 8 heteroatoms. The van der Waals surface area contributed by atoms with Crippen LogP contribution in [0, 0.1) is 11.3 Å². The largest absolute Gasteiger partial charge is 0.465 e. The fourth-order valence-electron chi connectivity index (χ4n) is 2.92. The summed E-state index contributed by atoms with van der Waals surface area (Å²) in [5.41, 5.74) is 0. The molecule has 2 heterocycles. The van der Waals surface area contributed by atoms with Crippen LogP contribution in [0.25, 0.3) is 0 Å². The molecule has 0 radical (unpaired) electrons. The van der Waals surface area contributed by atoms with Gasteiger partial charge >= 0.3 is 12.1 Å². The number of nitrogens with zero attached hydrogens (tertiary/aromatic N) is 3. The second-order valence-electron chi connectivity index (χ2n) is 5.96. The van der Waals surface area contributed by atoms with E-state index >= 15 is 0 Å². The molecule has 22 heavy (non-hydrogen) atoms. The molecular weight excluding hydrogens is 286 g/mol. The first-order valence-electron chi connectivity index (χ1n) is 7.78. The van der Waals surface area contributed by atoms with Gasteiger partial charge in [0.05, 0.1) is 5.84 Å². The van der Waals surface area contributed by atoms with E-state index in [1.54, 1.807) is 11.8 Å². The summed E-state index contributed by atoms with van der Waals surface area (Å²) in [5, 5.41) is 19.5. The highest BCUT2D eigenvalue weighted by atomic mass is 16.4. The molecule has 0 atom stereocenters. The molecule has 2 aliphatic rings. The lowest BCUT2D eigenvalue weighted by atomic mass is 9.97. The average molecular weight is 311 g/mol. The number of likely N-dealkylation sites (tertiary alicyclic amines) is 1. The zero-order valence-corrected chi connectivity index (χ0v) is 13.0. The van der Waals surface area contributed by atoms with Gasteiger partial charge in [0.2, 0.25) is 0 Å². The van der Waals surface area contributed by atoms with E-state index in [2.05, 4.69) is 10.2 Å². The van der Waals surface area contributed by atoms with Crippen LogP contribution in [0.3, 0.4) is 0 Å². The lowest BCUT2D eigenvalue weighted by molar-refractivity contribution is 0.111. The summed E-state index contributed by atoms with van der Waals surface area (Å²) in [7, 11) is 0. The third kappa shape index (κ3) is 4.25. The van der Waals surface area contributed by atoms with Gasteiger partial charge in [-0.05, 0) is 25.7 Å². The number of piperidine rings is 1. The van der Waals surface area contributed by atoms with E-state index < -0.39 is 6.09 Å². The Morgan fingerprint density at radius 3 is 2.09 bits per heavy atom. The Balaban J connectivity index is 1.66. The molecule has 8 nitrogen and oxygen atoms in total. The molecule has 2 saturated heterocycles. The molecule has 124 valence electrons. The summed E-state index contributed by atoms with van der Waals surface area (Å²) in [4.78, 5) is 28.0. The number of amides is 3. The fraction of sp³-hybridized carbons (Fsp3) is 0.786. The number of hydrogen-bond donors (Lipinski definition) is 3. The topological polar surface area (TPSA) is 100.0 Å². The van der Waals surface area contributed by atoms with Gasteiger partial charge in [-0.2, -0.15) is 0 Å². The van der Waals surface area contributed by atoms with Crippen LogP contribution < -0.4 is 5.32 Å². The lowest BCUT2D eigenvalue weighted by Gasteiger charge is -2.35. The second-order valence-corrected chi connectivity index (χ2v) is 5.96. The predicted octanol–water partition coefficient (Wildman–Crippen LogP) is 0.701. The Kier molecular flexibility index (Phi) is 5.46. The van der Waals surface area contributed by atoms with Gasteiger partial charge in [-0.25, -0.2) is 9.59 Å². The summed E-state index contributed by atoms with van der Waals surface area (Å²) in [6.45, 7) is 5.87. The van der Waals surface area contributed by atoms with Gasteiger partial charge in [0.25, 0.3) is 0 Å². The molecule has 0 saturated carbocycles. The summed E-state index contributed by atoms with van der Waals surface area (Å²) < 4.78 is 0. The number of carbonyl (C=O) groups is 2. The maximum absolute atomic E-state index is 12.1. The smallest absolute Gasteiger partial charge is 0.407 e. The average Bonchev–Trinajstić information content (AvgIpc) is 2.53. The van der Waals surface area contributed by atoms with Gasteiger partial charge in [0.15, 0.2) is 0 Å². The van der Waals surface area contributed by atoms with Crippen molar-refractivity contribution in [2.45, 2.75) is 19.8 Å². The molecule has 3 N–H and O–H groups in total. The molecule has 2 rings (SSSR count). The summed E-state index contributed by atoms with van der Waals surface area (Å²) in [6, 6.07) is -0.101. The Morgan fingerprint density at radius 2 is 1.59 bits per heavy atom. The van der Waals surface area contributed by atoms with E-state index in [0.717, 1.165) is 25.9 Å². The highest BCUT2D eigenvalue weighted by Crippen LogP contribution is 2.16. The zero-order chi connectivity index (χ0) is 16.1. The standard InChI is InChI=1S/C14H25N5O3/c1-11(15)17-4-2-12(3-5-17)10-16-13(20)18-6-8-19(9-7-18)14(21)22/h12,15H,2-10H2,1H3,(H,16,20)(H,21,22). The highest BCUT2D eigenvalue weighted by molar-refractivity contribution is 5.76. The number of urea groups is 1. The van der Waals surface area contributed by atoms with Gasteiger partial charge in [0, 0.05) is 45.8 Å². The molecule has 0 aliphatic carbocycles. The van der Waals surface area contributed by atoms with Crippen LogP contribution in [0.15, 0.2) is 0 Å². The van der Waals surface area contributed by atoms with Crippen molar-refractivity contribution in [3.8, 4) is 0 Å². The minimum atomic E-state index is -0.923. The summed E-state index contributed by atoms with van der Waals surface area (Å²) >= 11 is 0. The number of nitrogens with one attached hydrogen (secondary N) is 2. The first-order chi connectivity index (χ1) is 10.5. The van der Waals surface area contributed by atoms with Crippen molar-refractivity contribution in [3.63, 3.8) is 0 Å². The van der Waals surface area contributed by atoms with Gasteiger partial charge in [-0.3, -0.25) is 5.41 Å². The normalized spacial score (nSPS) is 20.0. The van der Waals surface area contributed by atoms with Crippen LogP contribution >= 0.6 is 0 Å². The van der Waals surface area contributed by atoms with Crippen molar-refractivity contribution in [3.05, 3.63) is 0 Å². The van der Waals surface area contributed by atoms with Gasteiger partial charge in [0.1, 0.15) is 0 Å². The van der Waals surface area contributed by atoms with Crippen LogP contribution in [0.1, 0.15) is 19.8 Å². The summed E-state index contributed by atoms with van der Waals surface area (Å²) in [5.74, 6) is 1.07. The SMILES string of the molecule is CC(=N)N1CCC(CNC(=O)N2CCN(C(=O)O)CC2)CC1. The number of hydrogen-bond acceptors (Lipinski definition) is 3. The highest BCUT2D eigenvalue weighted by Gasteiger charge is 2.25. The molecule has 0 aromatic carbocycles. The molecule has 0 spiro atoms. The van der Waals surface area contributed by atoms with Gasteiger partial charge in [-0.15, -0.1) is 0 Å². The molecular formula is C14H25N5O3. The minimum Gasteiger partial charge on any atom is -0.465 e. The first-order valence-corrected chi connectivity index (χ1v) is 7.78. The molecule has 0 bridgehead atoms. The number of carbonyl (C=O) groups excluding carboxylic acids is 1. The number of amidine groups is 1. The van der Waals surface area contributed by atoms with Crippen LogP contribution in [-0.4, -0.2) is 83.6 Å². The van der Waals surface area contributed by atoms with E-state index in [4.69, 9.17) is 10.5 Å². The minimum absolute atomic E-state index is 0.101. The third-order valence-corrected chi connectivity index (χ3v) is 4.47. The maximum atomic E-state index is 12.1. The third-order valence-electron chi connectivity index (χ3n) is 4.47. The zero-order valence-electron chi connectivity index (χ0n) is 13.0. The van der Waals surface area contributed by atoms with Crippen LogP contribution in [0.2, 0.25) is 0 Å². The monoisotopic (exact) mass is 311 g/mol. The van der Waals surface area contributed by atoms with Crippen molar-refractivity contribution >= 4 is 18.0 Å². The second kappa shape index (κ2) is 7.33. The molecule has 3 amide bonds. The quantitative estimate of drug-likeness (QED) is 0.516. The molecule has 0 unspecified atom stereocenters. The number of piperazine rings is 1. The Bertz CT molecular complexity index is 426. The van der Waals surface area contributed by atoms with E-state index in [9.17, 15) is 9.59 Å². The lowest BCUT2D eigenvalue weighted by Crippen LogP contribution is -2.53. The van der Waals surface area contributed by atoms with Crippen molar-refractivity contribution in [1.82, 2.24) is 20.0 Å². The predicted molar refractivity (Wildman–Crippen MR) is 82.3 cm³/mol. The number of carboxylic acid groups (broad SMARTS) is 1.